The van der Waals surface area contributed by atoms with Crippen LogP contribution in [0.4, 0.5) is 17.6 Å². The number of likely N-dealkylation sites (N-methyl/N-ethyl adjacent to an activating group) is 1. The van der Waals surface area contributed by atoms with Gasteiger partial charge in [-0.15, -0.1) is 0 Å². The number of benzene rings is 2. The smallest absolute Gasteiger partial charge is 0.418 e. The van der Waals surface area contributed by atoms with Gasteiger partial charge in [-0.2, -0.15) is 13.2 Å². The molecule has 3 aromatic rings. The Morgan fingerprint density at radius 3 is 2.17 bits per heavy atom. The molecule has 0 unspecified atom stereocenters. The number of ether oxygens (including phenoxy) is 1. The van der Waals surface area contributed by atoms with E-state index in [0.29, 0.717) is 29.5 Å². The topological polar surface area (TPSA) is 145 Å². The molecule has 0 saturated heterocycles. The highest BCUT2D eigenvalue weighted by Crippen LogP contribution is 2.40. The second kappa shape index (κ2) is 24.8. The number of aromatic amines is 1. The molecule has 0 bridgehead atoms. The van der Waals surface area contributed by atoms with Crippen molar-refractivity contribution in [3.05, 3.63) is 82.9 Å². The van der Waals surface area contributed by atoms with Crippen molar-refractivity contribution >= 4 is 34.6 Å². The first-order valence-electron chi connectivity index (χ1n) is 20.0. The molecule has 0 aliphatic heterocycles. The predicted octanol–water partition coefficient (Wildman–Crippen LogP) is 6.75. The van der Waals surface area contributed by atoms with Crippen LogP contribution >= 0.6 is 0 Å². The lowest BCUT2D eigenvalue weighted by Crippen LogP contribution is -2.61. The number of nitrogens with zero attached hydrogens (tertiary/aromatic N) is 1. The molecule has 322 valence electrons. The number of aryl methyl sites for hydroxylation is 1. The van der Waals surface area contributed by atoms with Gasteiger partial charge in [0.25, 0.3) is 0 Å². The molecule has 0 radical (unpaired) electrons. The number of aromatic nitrogens is 1. The Hall–Kier alpha value is -4.92. The van der Waals surface area contributed by atoms with Crippen molar-refractivity contribution in [2.75, 3.05) is 46.9 Å². The second-order valence-corrected chi connectivity index (χ2v) is 14.5. The molecule has 1 atom stereocenters. The maximum Gasteiger partial charge on any atom is 0.418 e. The molecule has 0 saturated carbocycles. The molecule has 1 heterocycles. The highest BCUT2D eigenvalue weighted by atomic mass is 19.4. The largest absolute Gasteiger partial charge is 0.465 e. The molecule has 3 amide bonds. The number of carbonyl (C=O) groups is 4. The lowest BCUT2D eigenvalue weighted by atomic mass is 9.78. The van der Waals surface area contributed by atoms with Crippen molar-refractivity contribution in [3.63, 3.8) is 0 Å². The summed E-state index contributed by atoms with van der Waals surface area (Å²) >= 11 is 0. The van der Waals surface area contributed by atoms with Gasteiger partial charge in [0.2, 0.25) is 17.7 Å². The normalized spacial score (nSPS) is 14.5. The van der Waals surface area contributed by atoms with Crippen LogP contribution in [0.3, 0.4) is 0 Å². The first-order chi connectivity index (χ1) is 27.5. The van der Waals surface area contributed by atoms with Crippen LogP contribution in [0.1, 0.15) is 95.0 Å². The van der Waals surface area contributed by atoms with Crippen LogP contribution in [-0.2, 0) is 49.4 Å². The molecule has 1 aliphatic rings. The summed E-state index contributed by atoms with van der Waals surface area (Å²) in [7, 11) is 3.50. The molecule has 0 spiro atoms. The minimum Gasteiger partial charge on any atom is -0.465 e. The van der Waals surface area contributed by atoms with Gasteiger partial charge in [0.05, 0.1) is 43.7 Å². The predicted molar refractivity (Wildman–Crippen MR) is 219 cm³/mol. The number of hydrogen-bond acceptors (Lipinski definition) is 7. The van der Waals surface area contributed by atoms with E-state index in [1.807, 2.05) is 0 Å². The van der Waals surface area contributed by atoms with Crippen LogP contribution in [-0.4, -0.2) is 86.0 Å². The summed E-state index contributed by atoms with van der Waals surface area (Å²) in [5.41, 5.74) is -0.802. The molecule has 0 fully saturated rings. The van der Waals surface area contributed by atoms with Gasteiger partial charge in [-0.05, 0) is 63.0 Å². The monoisotopic (exact) mass is 818 g/mol. The van der Waals surface area contributed by atoms with Crippen molar-refractivity contribution in [1.82, 2.24) is 31.2 Å². The fraction of sp³-hybridized carbons (Fsp3) is 0.535. The van der Waals surface area contributed by atoms with Gasteiger partial charge in [0, 0.05) is 29.7 Å². The molecule has 4 rings (SSSR count). The third kappa shape index (κ3) is 16.1. The number of hydrogen-bond donors (Lipinski definition) is 5. The Bertz CT molecular complexity index is 1790. The molecular formula is C43H62F4N6O5. The molecule has 11 nitrogen and oxygen atoms in total. The van der Waals surface area contributed by atoms with Crippen LogP contribution < -0.4 is 21.3 Å². The summed E-state index contributed by atoms with van der Waals surface area (Å²) < 4.78 is 60.6. The number of amides is 3. The molecule has 2 aromatic carbocycles. The van der Waals surface area contributed by atoms with Gasteiger partial charge in [-0.3, -0.25) is 24.1 Å². The zero-order chi connectivity index (χ0) is 43.3. The number of H-pyrrole nitrogens is 1. The summed E-state index contributed by atoms with van der Waals surface area (Å²) in [4.78, 5) is 55.2. The van der Waals surface area contributed by atoms with Gasteiger partial charge < -0.3 is 31.0 Å². The van der Waals surface area contributed by atoms with Gasteiger partial charge in [0.15, 0.2) is 0 Å². The number of esters is 1. The molecule has 1 aliphatic carbocycles. The Balaban J connectivity index is 0.00000132. The third-order valence-corrected chi connectivity index (χ3v) is 9.29. The van der Waals surface area contributed by atoms with Crippen LogP contribution in [0.2, 0.25) is 0 Å². The van der Waals surface area contributed by atoms with Crippen LogP contribution in [0.5, 0.6) is 0 Å². The quantitative estimate of drug-likeness (QED) is 0.0543. The molecule has 15 heteroatoms. The Labute approximate surface area is 340 Å². The first kappa shape index (κ1) is 49.2. The number of alkyl halides is 3. The van der Waals surface area contributed by atoms with Crippen LogP contribution in [0.25, 0.3) is 10.9 Å². The highest BCUT2D eigenvalue weighted by Gasteiger charge is 2.44. The Morgan fingerprint density at radius 2 is 1.55 bits per heavy atom. The zero-order valence-electron chi connectivity index (χ0n) is 34.9. The summed E-state index contributed by atoms with van der Waals surface area (Å²) in [6.45, 7) is 12.9. The van der Waals surface area contributed by atoms with E-state index in [-0.39, 0.29) is 81.2 Å². The van der Waals surface area contributed by atoms with E-state index in [1.165, 1.54) is 49.9 Å². The number of para-hydroxylation sites is 1. The van der Waals surface area contributed by atoms with Crippen molar-refractivity contribution in [1.29, 1.82) is 0 Å². The van der Waals surface area contributed by atoms with Crippen molar-refractivity contribution in [3.8, 4) is 0 Å². The minimum atomic E-state index is -4.60. The van der Waals surface area contributed by atoms with E-state index in [2.05, 4.69) is 60.5 Å². The number of halogens is 4. The molecule has 58 heavy (non-hydrogen) atoms. The Morgan fingerprint density at radius 1 is 0.879 bits per heavy atom. The van der Waals surface area contributed by atoms with E-state index in [4.69, 9.17) is 4.74 Å². The molecule has 5 N–H and O–H groups in total. The minimum absolute atomic E-state index is 0.0359. The maximum atomic E-state index is 14.0. The number of nitrogens with one attached hydrogen (secondary N) is 5. The Kier molecular flexibility index (Phi) is 21.0. The van der Waals surface area contributed by atoms with Crippen molar-refractivity contribution in [2.24, 2.45) is 0 Å². The van der Waals surface area contributed by atoms with Gasteiger partial charge in [-0.25, -0.2) is 4.39 Å². The average molecular weight is 819 g/mol. The van der Waals surface area contributed by atoms with Gasteiger partial charge >= 0.3 is 12.1 Å². The van der Waals surface area contributed by atoms with E-state index in [0.717, 1.165) is 6.07 Å². The number of unbranched alkanes of at least 4 members (excludes halogenated alkanes) is 3. The van der Waals surface area contributed by atoms with Crippen LogP contribution in [0, 0.1) is 5.82 Å². The van der Waals surface area contributed by atoms with Crippen molar-refractivity contribution in [2.45, 2.75) is 104 Å². The van der Waals surface area contributed by atoms with E-state index in [9.17, 15) is 36.7 Å². The summed E-state index contributed by atoms with van der Waals surface area (Å²) in [6, 6.07) is 9.73. The van der Waals surface area contributed by atoms with Gasteiger partial charge in [0.1, 0.15) is 11.4 Å². The third-order valence-electron chi connectivity index (χ3n) is 9.29. The average Bonchev–Trinajstić information content (AvgIpc) is 3.55. The number of rotatable bonds is 18. The van der Waals surface area contributed by atoms with E-state index >= 15 is 0 Å². The van der Waals surface area contributed by atoms with Gasteiger partial charge in [-0.1, -0.05) is 90.3 Å². The second-order valence-electron chi connectivity index (χ2n) is 14.5. The van der Waals surface area contributed by atoms with Crippen molar-refractivity contribution < 1.29 is 41.5 Å². The molecule has 1 aromatic heterocycles. The SMILES string of the molecule is C=C(CNC(=O)Cc1ccccc1F)N[C@]1(C(=O)NCC(=O)NCCCCOC(=O)CN(C)C)CCc2[nH]c3c(C(F)(F)F)cccc3c2C1.CCCC.CCCC. The maximum absolute atomic E-state index is 14.0. The summed E-state index contributed by atoms with van der Waals surface area (Å²) in [6.07, 6.45) is 1.83. The highest BCUT2D eigenvalue weighted by molar-refractivity contribution is 5.94. The number of carbonyl (C=O) groups excluding carboxylic acids is 4. The van der Waals surface area contributed by atoms with E-state index in [1.54, 1.807) is 31.1 Å². The zero-order valence-corrected chi connectivity index (χ0v) is 34.9. The lowest BCUT2D eigenvalue weighted by molar-refractivity contribution is -0.144. The molecular weight excluding hydrogens is 757 g/mol. The summed E-state index contributed by atoms with van der Waals surface area (Å²) in [5.74, 6) is -2.39. The van der Waals surface area contributed by atoms with Crippen LogP contribution in [0.15, 0.2) is 54.7 Å². The first-order valence-corrected chi connectivity index (χ1v) is 20.0. The van der Waals surface area contributed by atoms with E-state index < -0.39 is 40.8 Å². The standard InChI is InChI=1S/C35H42F4N6O5.2C4H10/c1-22(19-41-29(46)17-23-9-4-5-12-27(23)36)44-34(33(49)42-20-30(47)40-15-6-7-16-50-31(48)21-45(2)3)14-13-28-25(18-34)24-10-8-11-26(32(24)43-28)35(37,38)39;2*1-3-4-2/h4-5,8-12,43-44H,1,6-7,13-21H2,2-3H3,(H,40,47)(H,41,46)(H,42,49);2*3-4H2,1-2H3/t34-;;/m1../s1. The lowest BCUT2D eigenvalue weighted by Gasteiger charge is -2.38. The summed E-state index contributed by atoms with van der Waals surface area (Å²) in [5, 5.41) is 11.4. The fourth-order valence-electron chi connectivity index (χ4n) is 5.87. The fourth-order valence-corrected chi connectivity index (χ4v) is 5.87. The number of fused-ring (bicyclic) bond motifs is 3.